The topological polar surface area (TPSA) is 0 Å². The maximum absolute atomic E-state index is 2.50. The smallest absolute Gasteiger partial charge is 0.000784 e. The third kappa shape index (κ3) is 2.65. The molecular formula is C41H24. The first kappa shape index (κ1) is 21.6. The van der Waals surface area contributed by atoms with Gasteiger partial charge in [-0.25, -0.2) is 0 Å². The van der Waals surface area contributed by atoms with Gasteiger partial charge in [-0.05, 0) is 122 Å². The van der Waals surface area contributed by atoms with Crippen molar-refractivity contribution in [3.63, 3.8) is 0 Å². The summed E-state index contributed by atoms with van der Waals surface area (Å²) in [6.45, 7) is 2.22. The van der Waals surface area contributed by atoms with Crippen LogP contribution in [0.1, 0.15) is 5.56 Å². The Hall–Kier alpha value is -5.20. The normalized spacial score (nSPS) is 12.5. The van der Waals surface area contributed by atoms with E-state index >= 15 is 0 Å². The molecule has 0 nitrogen and oxygen atoms in total. The molecule has 41 heavy (non-hydrogen) atoms. The average Bonchev–Trinajstić information content (AvgIpc) is 3.02. The van der Waals surface area contributed by atoms with Crippen LogP contribution in [-0.4, -0.2) is 0 Å². The molecule has 10 aromatic carbocycles. The summed E-state index contributed by atoms with van der Waals surface area (Å²) < 4.78 is 0. The van der Waals surface area contributed by atoms with Crippen LogP contribution in [0.2, 0.25) is 0 Å². The SMILES string of the molecule is Cc1cc2ccc3c4ccc5c6ccccc6cc6c(-c7ccccc7)cc(c4c65)c4c5ccccc5c(c1)c2c34. The van der Waals surface area contributed by atoms with Crippen molar-refractivity contribution in [2.24, 2.45) is 0 Å². The Kier molecular flexibility index (Phi) is 3.95. The first-order chi connectivity index (χ1) is 20.3. The first-order valence-corrected chi connectivity index (χ1v) is 14.4. The fraction of sp³-hybridized carbons (Fsp3) is 0.0244. The summed E-state index contributed by atoms with van der Waals surface area (Å²) >= 11 is 0. The van der Waals surface area contributed by atoms with Gasteiger partial charge in [-0.3, -0.25) is 0 Å². The third-order valence-electron chi connectivity index (χ3n) is 9.52. The molecule has 0 heteroatoms. The number of fused-ring (bicyclic) bond motifs is 7. The van der Waals surface area contributed by atoms with E-state index in [2.05, 4.69) is 134 Å². The van der Waals surface area contributed by atoms with Crippen molar-refractivity contribution in [2.45, 2.75) is 6.92 Å². The monoisotopic (exact) mass is 516 g/mol. The lowest BCUT2D eigenvalue weighted by Crippen LogP contribution is -1.94. The van der Waals surface area contributed by atoms with E-state index in [1.807, 2.05) is 0 Å². The lowest BCUT2D eigenvalue weighted by atomic mass is 9.80. The summed E-state index contributed by atoms with van der Waals surface area (Å²) in [4.78, 5) is 0. The predicted molar refractivity (Wildman–Crippen MR) is 179 cm³/mol. The van der Waals surface area contributed by atoms with E-state index in [-0.39, 0.29) is 0 Å². The molecule has 0 radical (unpaired) electrons. The molecule has 0 unspecified atom stereocenters. The van der Waals surface area contributed by atoms with Gasteiger partial charge in [0.25, 0.3) is 0 Å². The van der Waals surface area contributed by atoms with Crippen molar-refractivity contribution in [2.75, 3.05) is 0 Å². The van der Waals surface area contributed by atoms with Crippen molar-refractivity contribution in [3.05, 3.63) is 133 Å². The Balaban J connectivity index is 1.60. The summed E-state index contributed by atoms with van der Waals surface area (Å²) in [6.07, 6.45) is 0. The lowest BCUT2D eigenvalue weighted by molar-refractivity contribution is 1.53. The number of aryl methyl sites for hydroxylation is 1. The quantitative estimate of drug-likeness (QED) is 0.150. The zero-order valence-electron chi connectivity index (χ0n) is 22.6. The Morgan fingerprint density at radius 2 is 0.927 bits per heavy atom. The van der Waals surface area contributed by atoms with Crippen molar-refractivity contribution in [3.8, 4) is 11.1 Å². The molecule has 0 atom stereocenters. The van der Waals surface area contributed by atoms with E-state index in [9.17, 15) is 0 Å². The van der Waals surface area contributed by atoms with Gasteiger partial charge in [0.1, 0.15) is 0 Å². The molecule has 0 N–H and O–H groups in total. The first-order valence-electron chi connectivity index (χ1n) is 14.4. The molecule has 0 saturated carbocycles. The van der Waals surface area contributed by atoms with Crippen molar-refractivity contribution < 1.29 is 0 Å². The van der Waals surface area contributed by atoms with Gasteiger partial charge in [-0.2, -0.15) is 0 Å². The molecule has 0 fully saturated rings. The maximum atomic E-state index is 2.50. The van der Waals surface area contributed by atoms with Crippen LogP contribution >= 0.6 is 0 Å². The molecule has 0 aliphatic heterocycles. The highest BCUT2D eigenvalue weighted by atomic mass is 14.2. The van der Waals surface area contributed by atoms with Gasteiger partial charge < -0.3 is 0 Å². The van der Waals surface area contributed by atoms with Crippen molar-refractivity contribution in [1.82, 2.24) is 0 Å². The van der Waals surface area contributed by atoms with Crippen molar-refractivity contribution in [1.29, 1.82) is 0 Å². The molecule has 0 aliphatic rings. The molecule has 188 valence electrons. The van der Waals surface area contributed by atoms with Crippen molar-refractivity contribution >= 4 is 86.2 Å². The molecule has 0 bridgehead atoms. The van der Waals surface area contributed by atoms with Gasteiger partial charge in [0, 0.05) is 0 Å². The number of benzene rings is 10. The highest BCUT2D eigenvalue weighted by Crippen LogP contribution is 2.51. The zero-order valence-corrected chi connectivity index (χ0v) is 22.6. The minimum atomic E-state index is 1.26. The van der Waals surface area contributed by atoms with Gasteiger partial charge in [-0.15, -0.1) is 0 Å². The zero-order chi connectivity index (χ0) is 26.8. The van der Waals surface area contributed by atoms with Crippen LogP contribution in [0.4, 0.5) is 0 Å². The van der Waals surface area contributed by atoms with E-state index in [1.165, 1.54) is 103 Å². The highest BCUT2D eigenvalue weighted by Gasteiger charge is 2.22. The largest absolute Gasteiger partial charge is 0.0622 e. The summed E-state index contributed by atoms with van der Waals surface area (Å²) in [5.74, 6) is 0. The van der Waals surface area contributed by atoms with Crippen LogP contribution in [0.5, 0.6) is 0 Å². The minimum Gasteiger partial charge on any atom is -0.0622 e. The Labute approximate surface area is 236 Å². The number of hydrogen-bond acceptors (Lipinski definition) is 0. The number of hydrogen-bond donors (Lipinski definition) is 0. The fourth-order valence-corrected chi connectivity index (χ4v) is 7.93. The standard InChI is InChI=1S/C41H24/c1-23-19-26-15-16-32-31-18-17-30-27-12-6-5-11-25(27)21-35-33(24-9-3-2-4-10-24)22-36(39(31)38(30)35)40-29-14-8-7-13-28(29)34(20-23)37(26)41(32)40/h2-22H,1H3. The lowest BCUT2D eigenvalue weighted by Gasteiger charge is -2.22. The van der Waals surface area contributed by atoms with E-state index in [0.717, 1.165) is 0 Å². The number of rotatable bonds is 1. The summed E-state index contributed by atoms with van der Waals surface area (Å²) in [5.41, 5.74) is 3.87. The molecule has 0 spiro atoms. The summed E-state index contributed by atoms with van der Waals surface area (Å²) in [5, 5.41) is 21.6. The Morgan fingerprint density at radius 1 is 0.317 bits per heavy atom. The second-order valence-corrected chi connectivity index (χ2v) is 11.7. The molecule has 0 aliphatic carbocycles. The van der Waals surface area contributed by atoms with E-state index in [4.69, 9.17) is 0 Å². The van der Waals surface area contributed by atoms with Gasteiger partial charge in [0.05, 0.1) is 0 Å². The molecule has 0 heterocycles. The van der Waals surface area contributed by atoms with Crippen LogP contribution in [-0.2, 0) is 0 Å². The summed E-state index contributed by atoms with van der Waals surface area (Å²) in [7, 11) is 0. The van der Waals surface area contributed by atoms with Crippen LogP contribution in [0.3, 0.4) is 0 Å². The van der Waals surface area contributed by atoms with Gasteiger partial charge in [-0.1, -0.05) is 115 Å². The van der Waals surface area contributed by atoms with Crippen LogP contribution in [0, 0.1) is 6.92 Å². The van der Waals surface area contributed by atoms with E-state index in [1.54, 1.807) is 0 Å². The molecular weight excluding hydrogens is 492 g/mol. The highest BCUT2D eigenvalue weighted by molar-refractivity contribution is 6.46. The van der Waals surface area contributed by atoms with Gasteiger partial charge in [0.2, 0.25) is 0 Å². The molecule has 10 aromatic rings. The van der Waals surface area contributed by atoms with E-state index in [0.29, 0.717) is 0 Å². The van der Waals surface area contributed by atoms with E-state index < -0.39 is 0 Å². The minimum absolute atomic E-state index is 1.26. The fourth-order valence-electron chi connectivity index (χ4n) is 7.93. The third-order valence-corrected chi connectivity index (χ3v) is 9.52. The van der Waals surface area contributed by atoms with Gasteiger partial charge in [0.15, 0.2) is 0 Å². The van der Waals surface area contributed by atoms with Crippen LogP contribution in [0.15, 0.2) is 127 Å². The second-order valence-electron chi connectivity index (χ2n) is 11.7. The molecule has 0 saturated heterocycles. The Morgan fingerprint density at radius 3 is 1.78 bits per heavy atom. The maximum Gasteiger partial charge on any atom is -0.000784 e. The summed E-state index contributed by atoms with van der Waals surface area (Å²) in [6, 6.07) is 48.0. The Bertz CT molecular complexity index is 2670. The van der Waals surface area contributed by atoms with Crippen LogP contribution in [0.25, 0.3) is 97.3 Å². The average molecular weight is 517 g/mol. The molecule has 0 amide bonds. The van der Waals surface area contributed by atoms with Gasteiger partial charge >= 0.3 is 0 Å². The predicted octanol–water partition coefficient (Wildman–Crippen LogP) is 11.8. The molecule has 0 aromatic heterocycles. The van der Waals surface area contributed by atoms with Crippen LogP contribution < -0.4 is 0 Å². The molecule has 10 rings (SSSR count). The second kappa shape index (κ2) is 7.50.